The van der Waals surface area contributed by atoms with Crippen LogP contribution in [-0.4, -0.2) is 39.3 Å². The van der Waals surface area contributed by atoms with Crippen molar-refractivity contribution >= 4 is 21.8 Å². The van der Waals surface area contributed by atoms with E-state index in [0.29, 0.717) is 6.42 Å². The summed E-state index contributed by atoms with van der Waals surface area (Å²) in [7, 11) is 3.94. The Bertz CT molecular complexity index is 429. The molecule has 6 nitrogen and oxygen atoms in total. The van der Waals surface area contributed by atoms with Crippen LogP contribution in [0.2, 0.25) is 0 Å². The first-order chi connectivity index (χ1) is 8.49. The van der Waals surface area contributed by atoms with Gasteiger partial charge in [0.05, 0.1) is 15.9 Å². The highest BCUT2D eigenvalue weighted by Gasteiger charge is 2.14. The van der Waals surface area contributed by atoms with Crippen LogP contribution in [0.15, 0.2) is 9.63 Å². The molecule has 0 fully saturated rings. The van der Waals surface area contributed by atoms with Gasteiger partial charge >= 0.3 is 0 Å². The predicted octanol–water partition coefficient (Wildman–Crippen LogP) is 1.31. The number of halogens is 1. The molecule has 102 valence electrons. The first kappa shape index (κ1) is 15.0. The number of nitrogens with zero attached hydrogens (tertiary/aromatic N) is 4. The third-order valence-electron chi connectivity index (χ3n) is 2.80. The smallest absolute Gasteiger partial charge is 0.140 e. The van der Waals surface area contributed by atoms with Gasteiger partial charge in [-0.15, -0.1) is 0 Å². The second-order valence-electron chi connectivity index (χ2n) is 4.26. The van der Waals surface area contributed by atoms with Crippen LogP contribution in [0.4, 0.5) is 0 Å². The lowest BCUT2D eigenvalue weighted by Gasteiger charge is -2.16. The van der Waals surface area contributed by atoms with Gasteiger partial charge in [-0.25, -0.2) is 0 Å². The molecule has 0 aromatic carbocycles. The minimum Gasteiger partial charge on any atom is -0.409 e. The minimum absolute atomic E-state index is 0.250. The van der Waals surface area contributed by atoms with Crippen molar-refractivity contribution in [1.82, 2.24) is 14.7 Å². The van der Waals surface area contributed by atoms with Crippen molar-refractivity contribution in [3.63, 3.8) is 0 Å². The Morgan fingerprint density at radius 3 is 2.78 bits per heavy atom. The molecule has 3 N–H and O–H groups in total. The molecule has 0 aliphatic heterocycles. The Morgan fingerprint density at radius 1 is 1.61 bits per heavy atom. The molecule has 0 atom stereocenters. The van der Waals surface area contributed by atoms with Crippen molar-refractivity contribution in [2.75, 3.05) is 13.6 Å². The first-order valence-corrected chi connectivity index (χ1v) is 6.64. The van der Waals surface area contributed by atoms with Gasteiger partial charge in [0.1, 0.15) is 5.84 Å². The Balaban J connectivity index is 2.64. The van der Waals surface area contributed by atoms with E-state index in [9.17, 15) is 0 Å². The molecule has 0 saturated heterocycles. The number of nitrogens with two attached hydrogens (primary N) is 1. The van der Waals surface area contributed by atoms with Gasteiger partial charge in [0.15, 0.2) is 0 Å². The Morgan fingerprint density at radius 2 is 2.28 bits per heavy atom. The normalized spacial score (nSPS) is 12.4. The van der Waals surface area contributed by atoms with E-state index in [1.807, 2.05) is 18.8 Å². The van der Waals surface area contributed by atoms with E-state index in [-0.39, 0.29) is 5.84 Å². The van der Waals surface area contributed by atoms with Gasteiger partial charge in [0, 0.05) is 26.6 Å². The van der Waals surface area contributed by atoms with Crippen molar-refractivity contribution in [3.05, 3.63) is 15.9 Å². The second-order valence-corrected chi connectivity index (χ2v) is 5.06. The quantitative estimate of drug-likeness (QED) is 0.359. The van der Waals surface area contributed by atoms with Gasteiger partial charge in [-0.05, 0) is 29.4 Å². The number of rotatable bonds is 6. The minimum atomic E-state index is 0.250. The van der Waals surface area contributed by atoms with E-state index < -0.39 is 0 Å². The van der Waals surface area contributed by atoms with E-state index >= 15 is 0 Å². The van der Waals surface area contributed by atoms with Crippen molar-refractivity contribution in [1.29, 1.82) is 0 Å². The second kappa shape index (κ2) is 6.75. The largest absolute Gasteiger partial charge is 0.409 e. The van der Waals surface area contributed by atoms with Crippen LogP contribution < -0.4 is 5.73 Å². The van der Waals surface area contributed by atoms with Gasteiger partial charge in [-0.3, -0.25) is 4.68 Å². The zero-order chi connectivity index (χ0) is 13.7. The standard InChI is InChI=1S/C11H20BrN5O/c1-4-8-11(12)9(17(3)14-8)7-16(2)6-5-10(13)15-18/h18H,4-7H2,1-3H3,(H2,13,15). The third-order valence-corrected chi connectivity index (χ3v) is 3.72. The number of amidine groups is 1. The van der Waals surface area contributed by atoms with Crippen LogP contribution in [-0.2, 0) is 20.0 Å². The molecule has 1 aromatic rings. The van der Waals surface area contributed by atoms with Crippen LogP contribution in [0, 0.1) is 0 Å². The summed E-state index contributed by atoms with van der Waals surface area (Å²) in [5.74, 6) is 0.250. The van der Waals surface area contributed by atoms with Gasteiger partial charge < -0.3 is 15.8 Å². The maximum atomic E-state index is 8.48. The molecule has 0 aliphatic rings. The molecule has 7 heteroatoms. The average Bonchev–Trinajstić information content (AvgIpc) is 2.63. The van der Waals surface area contributed by atoms with Gasteiger partial charge in [0.2, 0.25) is 0 Å². The monoisotopic (exact) mass is 317 g/mol. The highest BCUT2D eigenvalue weighted by atomic mass is 79.9. The summed E-state index contributed by atoms with van der Waals surface area (Å²) in [6.45, 7) is 3.58. The van der Waals surface area contributed by atoms with Crippen LogP contribution in [0.25, 0.3) is 0 Å². The molecule has 1 aromatic heterocycles. The average molecular weight is 318 g/mol. The SMILES string of the molecule is CCc1nn(C)c(CN(C)CCC(N)=NO)c1Br. The fourth-order valence-electron chi connectivity index (χ4n) is 1.68. The number of aryl methyl sites for hydroxylation is 2. The van der Waals surface area contributed by atoms with Crippen molar-refractivity contribution in [3.8, 4) is 0 Å². The van der Waals surface area contributed by atoms with Gasteiger partial charge in [0.25, 0.3) is 0 Å². The van der Waals surface area contributed by atoms with Crippen LogP contribution in [0.1, 0.15) is 24.7 Å². The lowest BCUT2D eigenvalue weighted by atomic mass is 10.3. The van der Waals surface area contributed by atoms with E-state index in [1.54, 1.807) is 0 Å². The van der Waals surface area contributed by atoms with Gasteiger partial charge in [-0.1, -0.05) is 12.1 Å². The molecule has 0 spiro atoms. The summed E-state index contributed by atoms with van der Waals surface area (Å²) in [6.07, 6.45) is 1.45. The zero-order valence-corrected chi connectivity index (χ0v) is 12.6. The molecule has 18 heavy (non-hydrogen) atoms. The number of hydrogen-bond donors (Lipinski definition) is 2. The zero-order valence-electron chi connectivity index (χ0n) is 11.0. The van der Waals surface area contributed by atoms with Crippen molar-refractivity contribution < 1.29 is 5.21 Å². The number of aromatic nitrogens is 2. The molecule has 1 heterocycles. The van der Waals surface area contributed by atoms with E-state index in [4.69, 9.17) is 10.9 Å². The fourth-order valence-corrected chi connectivity index (χ4v) is 2.42. The maximum absolute atomic E-state index is 8.48. The fraction of sp³-hybridized carbons (Fsp3) is 0.636. The summed E-state index contributed by atoms with van der Waals surface area (Å²) in [5.41, 5.74) is 7.65. The summed E-state index contributed by atoms with van der Waals surface area (Å²) in [5, 5.41) is 15.9. The van der Waals surface area contributed by atoms with E-state index in [2.05, 4.69) is 38.0 Å². The molecule has 0 bridgehead atoms. The molecule has 1 rings (SSSR count). The maximum Gasteiger partial charge on any atom is 0.140 e. The molecule has 0 unspecified atom stereocenters. The molecule has 0 saturated carbocycles. The Hall–Kier alpha value is -1.08. The molecule has 0 amide bonds. The molecular weight excluding hydrogens is 298 g/mol. The van der Waals surface area contributed by atoms with Gasteiger partial charge in [-0.2, -0.15) is 5.10 Å². The van der Waals surface area contributed by atoms with Crippen LogP contribution >= 0.6 is 15.9 Å². The molecule has 0 radical (unpaired) electrons. The Kier molecular flexibility index (Phi) is 5.61. The van der Waals surface area contributed by atoms with Crippen molar-refractivity contribution in [2.24, 2.45) is 17.9 Å². The van der Waals surface area contributed by atoms with Crippen molar-refractivity contribution in [2.45, 2.75) is 26.3 Å². The summed E-state index contributed by atoms with van der Waals surface area (Å²) in [6, 6.07) is 0. The summed E-state index contributed by atoms with van der Waals surface area (Å²) >= 11 is 3.59. The lowest BCUT2D eigenvalue weighted by molar-refractivity contribution is 0.307. The van der Waals surface area contributed by atoms with Crippen LogP contribution in [0.3, 0.4) is 0 Å². The number of oxime groups is 1. The Labute approximate surface area is 116 Å². The number of hydrogen-bond acceptors (Lipinski definition) is 4. The highest BCUT2D eigenvalue weighted by Crippen LogP contribution is 2.22. The molecular formula is C11H20BrN5O. The summed E-state index contributed by atoms with van der Waals surface area (Å²) < 4.78 is 2.96. The topological polar surface area (TPSA) is 79.7 Å². The predicted molar refractivity (Wildman–Crippen MR) is 74.6 cm³/mol. The van der Waals surface area contributed by atoms with E-state index in [0.717, 1.165) is 35.4 Å². The first-order valence-electron chi connectivity index (χ1n) is 5.84. The third kappa shape index (κ3) is 3.71. The van der Waals surface area contributed by atoms with E-state index in [1.165, 1.54) is 0 Å². The lowest BCUT2D eigenvalue weighted by Crippen LogP contribution is -2.25. The highest BCUT2D eigenvalue weighted by molar-refractivity contribution is 9.10. The van der Waals surface area contributed by atoms with Crippen LogP contribution in [0.5, 0.6) is 0 Å². The molecule has 0 aliphatic carbocycles. The summed E-state index contributed by atoms with van der Waals surface area (Å²) in [4.78, 5) is 2.11.